The molecule has 30 heavy (non-hydrogen) atoms. The Balaban J connectivity index is 1.48. The molecule has 1 N–H and O–H groups in total. The monoisotopic (exact) mass is 410 g/mol. The third-order valence-corrected chi connectivity index (χ3v) is 5.00. The second-order valence-corrected chi connectivity index (χ2v) is 7.22. The van der Waals surface area contributed by atoms with E-state index in [-0.39, 0.29) is 24.5 Å². The molecule has 1 heterocycles. The molecule has 1 aliphatic rings. The van der Waals surface area contributed by atoms with E-state index in [4.69, 9.17) is 9.47 Å². The van der Waals surface area contributed by atoms with Crippen molar-refractivity contribution in [1.82, 2.24) is 10.2 Å². The second kappa shape index (κ2) is 9.91. The van der Waals surface area contributed by atoms with Crippen LogP contribution in [0.5, 0.6) is 5.75 Å². The van der Waals surface area contributed by atoms with E-state index in [2.05, 4.69) is 5.32 Å². The van der Waals surface area contributed by atoms with Gasteiger partial charge in [0, 0.05) is 30.3 Å². The molecule has 0 bridgehead atoms. The summed E-state index contributed by atoms with van der Waals surface area (Å²) in [6.07, 6.45) is 0.627. The van der Waals surface area contributed by atoms with Crippen LogP contribution in [0.2, 0.25) is 0 Å². The standard InChI is InChI=1S/C23H26N2O5/c1-3-29-23(28)30-20-10-8-17(9-11-20)21(26)24-19-12-14-25(15-13-19)22(27)18-6-4-16(2)5-7-18/h4-11,19H,3,12-15H2,1-2H3,(H,24,26). The average molecular weight is 410 g/mol. The summed E-state index contributed by atoms with van der Waals surface area (Å²) in [6.45, 7) is 5.11. The molecule has 0 saturated carbocycles. The van der Waals surface area contributed by atoms with Gasteiger partial charge in [0.05, 0.1) is 6.61 Å². The summed E-state index contributed by atoms with van der Waals surface area (Å²) in [6, 6.07) is 13.9. The number of hydrogen-bond acceptors (Lipinski definition) is 5. The van der Waals surface area contributed by atoms with Crippen LogP contribution in [-0.4, -0.2) is 48.6 Å². The number of benzene rings is 2. The van der Waals surface area contributed by atoms with Gasteiger partial charge >= 0.3 is 6.16 Å². The van der Waals surface area contributed by atoms with Crippen LogP contribution in [-0.2, 0) is 4.74 Å². The first-order chi connectivity index (χ1) is 14.5. The fourth-order valence-corrected chi connectivity index (χ4v) is 3.29. The summed E-state index contributed by atoms with van der Waals surface area (Å²) in [7, 11) is 0. The van der Waals surface area contributed by atoms with E-state index in [0.29, 0.717) is 42.8 Å². The fraction of sp³-hybridized carbons (Fsp3) is 0.348. The molecular formula is C23H26N2O5. The minimum absolute atomic E-state index is 0.00928. The maximum absolute atomic E-state index is 12.6. The zero-order valence-electron chi connectivity index (χ0n) is 17.2. The zero-order valence-corrected chi connectivity index (χ0v) is 17.2. The third-order valence-electron chi connectivity index (χ3n) is 5.00. The molecule has 2 aromatic rings. The van der Waals surface area contributed by atoms with Gasteiger partial charge in [-0.15, -0.1) is 0 Å². The number of carbonyl (C=O) groups is 3. The Morgan fingerprint density at radius 3 is 2.17 bits per heavy atom. The van der Waals surface area contributed by atoms with Crippen molar-refractivity contribution in [2.45, 2.75) is 32.7 Å². The Morgan fingerprint density at radius 1 is 0.967 bits per heavy atom. The van der Waals surface area contributed by atoms with Gasteiger partial charge in [0.15, 0.2) is 0 Å². The lowest BCUT2D eigenvalue weighted by molar-refractivity contribution is 0.0698. The van der Waals surface area contributed by atoms with Crippen LogP contribution in [0.1, 0.15) is 46.0 Å². The first kappa shape index (κ1) is 21.4. The molecular weight excluding hydrogens is 384 g/mol. The highest BCUT2D eigenvalue weighted by Crippen LogP contribution is 2.17. The molecule has 1 saturated heterocycles. The van der Waals surface area contributed by atoms with Gasteiger partial charge in [-0.05, 0) is 63.1 Å². The van der Waals surface area contributed by atoms with E-state index in [9.17, 15) is 14.4 Å². The van der Waals surface area contributed by atoms with Gasteiger partial charge < -0.3 is 19.7 Å². The van der Waals surface area contributed by atoms with Gasteiger partial charge in [-0.1, -0.05) is 17.7 Å². The van der Waals surface area contributed by atoms with Crippen LogP contribution < -0.4 is 10.1 Å². The number of piperidine rings is 1. The number of nitrogens with zero attached hydrogens (tertiary/aromatic N) is 1. The van der Waals surface area contributed by atoms with Crippen molar-refractivity contribution in [1.29, 1.82) is 0 Å². The molecule has 158 valence electrons. The molecule has 2 amide bonds. The molecule has 3 rings (SSSR count). The maximum atomic E-state index is 12.6. The van der Waals surface area contributed by atoms with Crippen LogP contribution in [0, 0.1) is 6.92 Å². The lowest BCUT2D eigenvalue weighted by atomic mass is 10.0. The quantitative estimate of drug-likeness (QED) is 0.602. The van der Waals surface area contributed by atoms with Crippen molar-refractivity contribution in [3.05, 3.63) is 65.2 Å². The molecule has 2 aromatic carbocycles. The van der Waals surface area contributed by atoms with Crippen LogP contribution >= 0.6 is 0 Å². The Bertz CT molecular complexity index is 885. The van der Waals surface area contributed by atoms with E-state index in [1.807, 2.05) is 36.1 Å². The lowest BCUT2D eigenvalue weighted by Gasteiger charge is -2.32. The highest BCUT2D eigenvalue weighted by atomic mass is 16.7. The molecule has 7 nitrogen and oxygen atoms in total. The number of ether oxygens (including phenoxy) is 2. The Hall–Kier alpha value is -3.35. The topological polar surface area (TPSA) is 84.9 Å². The van der Waals surface area contributed by atoms with E-state index in [0.717, 1.165) is 5.56 Å². The predicted octanol–water partition coefficient (Wildman–Crippen LogP) is 3.56. The number of hydrogen-bond donors (Lipinski definition) is 1. The molecule has 1 fully saturated rings. The van der Waals surface area contributed by atoms with Crippen molar-refractivity contribution >= 4 is 18.0 Å². The predicted molar refractivity (Wildman–Crippen MR) is 112 cm³/mol. The molecule has 0 unspecified atom stereocenters. The van der Waals surface area contributed by atoms with E-state index < -0.39 is 6.16 Å². The molecule has 7 heteroatoms. The van der Waals surface area contributed by atoms with Crippen molar-refractivity contribution in [3.8, 4) is 5.75 Å². The van der Waals surface area contributed by atoms with Crippen molar-refractivity contribution in [3.63, 3.8) is 0 Å². The fourth-order valence-electron chi connectivity index (χ4n) is 3.29. The first-order valence-electron chi connectivity index (χ1n) is 10.1. The molecule has 0 aromatic heterocycles. The van der Waals surface area contributed by atoms with E-state index in [1.165, 1.54) is 0 Å². The van der Waals surface area contributed by atoms with Crippen LogP contribution in [0.4, 0.5) is 4.79 Å². The minimum atomic E-state index is -0.776. The van der Waals surface area contributed by atoms with Crippen LogP contribution in [0.25, 0.3) is 0 Å². The second-order valence-electron chi connectivity index (χ2n) is 7.22. The van der Waals surface area contributed by atoms with Crippen LogP contribution in [0.15, 0.2) is 48.5 Å². The molecule has 0 radical (unpaired) electrons. The van der Waals surface area contributed by atoms with Gasteiger partial charge in [0.1, 0.15) is 5.75 Å². The summed E-state index contributed by atoms with van der Waals surface area (Å²) in [5, 5.41) is 3.01. The zero-order chi connectivity index (χ0) is 21.5. The highest BCUT2D eigenvalue weighted by molar-refractivity contribution is 5.95. The number of amides is 2. The van der Waals surface area contributed by atoms with Gasteiger partial charge in [-0.25, -0.2) is 4.79 Å². The minimum Gasteiger partial charge on any atom is -0.434 e. The average Bonchev–Trinajstić information content (AvgIpc) is 2.75. The molecule has 1 aliphatic heterocycles. The first-order valence-corrected chi connectivity index (χ1v) is 10.1. The Labute approximate surface area is 176 Å². The number of nitrogens with one attached hydrogen (secondary N) is 1. The summed E-state index contributed by atoms with van der Waals surface area (Å²) in [4.78, 5) is 38.2. The van der Waals surface area contributed by atoms with E-state index in [1.54, 1.807) is 31.2 Å². The maximum Gasteiger partial charge on any atom is 0.513 e. The molecule has 0 spiro atoms. The molecule has 0 atom stereocenters. The number of likely N-dealkylation sites (tertiary alicyclic amines) is 1. The summed E-state index contributed by atoms with van der Waals surface area (Å²) >= 11 is 0. The molecule has 0 aliphatic carbocycles. The largest absolute Gasteiger partial charge is 0.513 e. The van der Waals surface area contributed by atoms with Crippen LogP contribution in [0.3, 0.4) is 0 Å². The van der Waals surface area contributed by atoms with Gasteiger partial charge in [-0.3, -0.25) is 9.59 Å². The van der Waals surface area contributed by atoms with E-state index >= 15 is 0 Å². The Morgan fingerprint density at radius 2 is 1.57 bits per heavy atom. The van der Waals surface area contributed by atoms with Gasteiger partial charge in [0.2, 0.25) is 0 Å². The highest BCUT2D eigenvalue weighted by Gasteiger charge is 2.25. The number of carbonyl (C=O) groups excluding carboxylic acids is 3. The number of rotatable bonds is 5. The summed E-state index contributed by atoms with van der Waals surface area (Å²) in [5.74, 6) is 0.144. The van der Waals surface area contributed by atoms with Gasteiger partial charge in [0.25, 0.3) is 11.8 Å². The smallest absolute Gasteiger partial charge is 0.434 e. The lowest BCUT2D eigenvalue weighted by Crippen LogP contribution is -2.46. The Kier molecular flexibility index (Phi) is 7.06. The van der Waals surface area contributed by atoms with Crippen molar-refractivity contribution in [2.24, 2.45) is 0 Å². The van der Waals surface area contributed by atoms with Crippen molar-refractivity contribution < 1.29 is 23.9 Å². The third kappa shape index (κ3) is 5.59. The SMILES string of the molecule is CCOC(=O)Oc1ccc(C(=O)NC2CCN(C(=O)c3ccc(C)cc3)CC2)cc1. The number of aryl methyl sites for hydroxylation is 1. The van der Waals surface area contributed by atoms with Gasteiger partial charge in [-0.2, -0.15) is 0 Å². The van der Waals surface area contributed by atoms with Crippen molar-refractivity contribution in [2.75, 3.05) is 19.7 Å². The summed E-state index contributed by atoms with van der Waals surface area (Å²) < 4.78 is 9.70. The summed E-state index contributed by atoms with van der Waals surface area (Å²) in [5.41, 5.74) is 2.28. The normalized spacial score (nSPS) is 14.1.